The van der Waals surface area contributed by atoms with E-state index in [1.807, 2.05) is 30.3 Å². The maximum absolute atomic E-state index is 14.4. The average Bonchev–Trinajstić information content (AvgIpc) is 3.43. The van der Waals surface area contributed by atoms with Crippen LogP contribution in [0.5, 0.6) is 5.75 Å². The maximum atomic E-state index is 14.4. The molecule has 2 N–H and O–H groups in total. The Morgan fingerprint density at radius 2 is 1.81 bits per heavy atom. The summed E-state index contributed by atoms with van der Waals surface area (Å²) in [6, 6.07) is 16.1. The molecule has 5 rings (SSSR count). The number of ether oxygens (including phenoxy) is 1. The van der Waals surface area contributed by atoms with Crippen LogP contribution < -0.4 is 4.74 Å². The highest BCUT2D eigenvalue weighted by Gasteiger charge is 2.56. The van der Waals surface area contributed by atoms with Gasteiger partial charge in [-0.05, 0) is 41.7 Å². The Hall–Kier alpha value is -3.10. The van der Waals surface area contributed by atoms with Crippen LogP contribution in [0.1, 0.15) is 37.1 Å². The summed E-state index contributed by atoms with van der Waals surface area (Å²) in [4.78, 5) is 2.90. The van der Waals surface area contributed by atoms with Gasteiger partial charge in [0.05, 0.1) is 12.3 Å². The quantitative estimate of drug-likeness (QED) is 0.311. The molecule has 188 valence electrons. The summed E-state index contributed by atoms with van der Waals surface area (Å²) in [5, 5.41) is 20.5. The van der Waals surface area contributed by atoms with Gasteiger partial charge in [0.25, 0.3) is 0 Å². The first-order valence-corrected chi connectivity index (χ1v) is 12.0. The van der Waals surface area contributed by atoms with Gasteiger partial charge in [-0.1, -0.05) is 55.8 Å². The number of aromatic nitrogens is 3. The first kappa shape index (κ1) is 24.6. The van der Waals surface area contributed by atoms with Crippen molar-refractivity contribution in [3.05, 3.63) is 76.4 Å². The first-order valence-electron chi connectivity index (χ1n) is 11.6. The molecule has 0 bridgehead atoms. The van der Waals surface area contributed by atoms with Crippen molar-refractivity contribution in [1.29, 1.82) is 0 Å². The third kappa shape index (κ3) is 4.55. The van der Waals surface area contributed by atoms with E-state index >= 15 is 0 Å². The van der Waals surface area contributed by atoms with Crippen molar-refractivity contribution < 1.29 is 23.0 Å². The van der Waals surface area contributed by atoms with E-state index in [2.05, 4.69) is 15.2 Å². The van der Waals surface area contributed by atoms with Crippen molar-refractivity contribution in [2.45, 2.75) is 50.3 Å². The number of halogens is 4. The summed E-state index contributed by atoms with van der Waals surface area (Å²) in [6.07, 6.45) is -5.49. The normalized spacial score (nSPS) is 15.5. The molecular weight excluding hydrogens is 491 g/mol. The summed E-state index contributed by atoms with van der Waals surface area (Å²) in [7, 11) is 0. The summed E-state index contributed by atoms with van der Waals surface area (Å²) >= 11 is 6.27. The fraction of sp³-hybridized carbons (Fsp3) is 0.333. The molecule has 0 saturated heterocycles. The molecule has 4 aromatic rings. The number of rotatable bonds is 6. The highest BCUT2D eigenvalue weighted by Crippen LogP contribution is 2.47. The Morgan fingerprint density at radius 3 is 2.53 bits per heavy atom. The second-order valence-corrected chi connectivity index (χ2v) is 10.4. The zero-order valence-electron chi connectivity index (χ0n) is 19.8. The summed E-state index contributed by atoms with van der Waals surface area (Å²) in [5.74, 6) is 0.559. The molecule has 0 amide bonds. The number of fused-ring (bicyclic) bond motifs is 2. The van der Waals surface area contributed by atoms with Crippen LogP contribution in [0.3, 0.4) is 0 Å². The number of aliphatic hydroxyl groups is 1. The average molecular weight is 516 g/mol. The Morgan fingerprint density at radius 1 is 1.06 bits per heavy atom. The number of hydrogen-bond acceptors (Lipinski definition) is 4. The number of nitrogens with zero attached hydrogens (tertiary/aromatic N) is 2. The minimum absolute atomic E-state index is 0.215. The van der Waals surface area contributed by atoms with Crippen LogP contribution in [0.4, 0.5) is 13.2 Å². The van der Waals surface area contributed by atoms with Gasteiger partial charge in [0.15, 0.2) is 11.2 Å². The van der Waals surface area contributed by atoms with Crippen molar-refractivity contribution in [3.63, 3.8) is 0 Å². The highest BCUT2D eigenvalue weighted by atomic mass is 35.5. The zero-order valence-corrected chi connectivity index (χ0v) is 20.5. The number of aromatic amines is 1. The van der Waals surface area contributed by atoms with E-state index in [9.17, 15) is 18.3 Å². The molecule has 0 radical (unpaired) electrons. The molecule has 36 heavy (non-hydrogen) atoms. The van der Waals surface area contributed by atoms with Gasteiger partial charge in [-0.15, -0.1) is 10.2 Å². The summed E-state index contributed by atoms with van der Waals surface area (Å²) in [6.45, 7) is 3.78. The lowest BCUT2D eigenvalue weighted by Gasteiger charge is -2.38. The number of hydrogen-bond donors (Lipinski definition) is 2. The molecule has 2 aromatic carbocycles. The number of H-pyrrole nitrogens is 1. The third-order valence-corrected chi connectivity index (χ3v) is 6.94. The van der Waals surface area contributed by atoms with Crippen LogP contribution in [0.15, 0.2) is 54.6 Å². The van der Waals surface area contributed by atoms with Crippen LogP contribution in [0.2, 0.25) is 5.02 Å². The third-order valence-electron chi connectivity index (χ3n) is 6.72. The molecule has 3 heterocycles. The molecule has 5 nitrogen and oxygen atoms in total. The fourth-order valence-corrected chi connectivity index (χ4v) is 5.25. The number of nitrogens with one attached hydrogen (secondary N) is 1. The molecule has 1 aliphatic rings. The van der Waals surface area contributed by atoms with Crippen LogP contribution in [-0.2, 0) is 18.3 Å². The first-order chi connectivity index (χ1) is 17.0. The molecule has 0 aliphatic carbocycles. The van der Waals surface area contributed by atoms with E-state index in [0.717, 1.165) is 11.1 Å². The second-order valence-electron chi connectivity index (χ2n) is 10.0. The minimum Gasteiger partial charge on any atom is -0.493 e. The molecule has 1 aliphatic heterocycles. The van der Waals surface area contributed by atoms with Crippen LogP contribution in [0.25, 0.3) is 22.3 Å². The summed E-state index contributed by atoms with van der Waals surface area (Å²) in [5.41, 5.74) is -0.654. The van der Waals surface area contributed by atoms with Gasteiger partial charge < -0.3 is 14.8 Å². The molecule has 1 unspecified atom stereocenters. The van der Waals surface area contributed by atoms with Crippen molar-refractivity contribution in [2.75, 3.05) is 6.61 Å². The van der Waals surface area contributed by atoms with E-state index in [0.29, 0.717) is 46.1 Å². The van der Waals surface area contributed by atoms with Gasteiger partial charge in [0, 0.05) is 40.1 Å². The van der Waals surface area contributed by atoms with E-state index in [1.165, 1.54) is 0 Å². The monoisotopic (exact) mass is 515 g/mol. The minimum atomic E-state index is -4.88. The van der Waals surface area contributed by atoms with E-state index in [1.54, 1.807) is 38.1 Å². The van der Waals surface area contributed by atoms with E-state index in [-0.39, 0.29) is 5.69 Å². The van der Waals surface area contributed by atoms with E-state index < -0.39 is 30.0 Å². The van der Waals surface area contributed by atoms with Crippen LogP contribution in [0, 0.1) is 0 Å². The fourth-order valence-electron chi connectivity index (χ4n) is 5.01. The molecule has 0 spiro atoms. The maximum Gasteiger partial charge on any atom is 0.417 e. The largest absolute Gasteiger partial charge is 0.493 e. The molecule has 0 saturated carbocycles. The van der Waals surface area contributed by atoms with E-state index in [4.69, 9.17) is 16.3 Å². The van der Waals surface area contributed by atoms with Gasteiger partial charge in [-0.2, -0.15) is 13.2 Å². The van der Waals surface area contributed by atoms with Gasteiger partial charge in [-0.3, -0.25) is 0 Å². The Kier molecular flexibility index (Phi) is 6.00. The van der Waals surface area contributed by atoms with Crippen molar-refractivity contribution in [1.82, 2.24) is 15.2 Å². The molecule has 2 aromatic heterocycles. The van der Waals surface area contributed by atoms with Gasteiger partial charge >= 0.3 is 6.18 Å². The smallest absolute Gasteiger partial charge is 0.417 e. The van der Waals surface area contributed by atoms with Crippen molar-refractivity contribution in [2.24, 2.45) is 0 Å². The lowest BCUT2D eigenvalue weighted by atomic mass is 9.73. The van der Waals surface area contributed by atoms with Crippen LogP contribution >= 0.6 is 11.6 Å². The molecule has 1 atom stereocenters. The SMILES string of the molecule is CC(C)(CC(O)(Cc1cc2cc(-c3ccccc3)nnc2[nH]1)C(F)(F)F)c1cc(Cl)cc2c1OCC2. The standard InChI is InChI=1S/C27H25ClF3N3O2/c1-25(2,21-13-19(28)10-17-8-9-36-23(17)21)15-26(35,27(29,30)31)14-20-11-18-12-22(33-34-24(18)32-20)16-6-4-3-5-7-16/h3-7,10-13,35H,8-9,14-15H2,1-2H3,(H,32,34). The predicted molar refractivity (Wildman–Crippen MR) is 132 cm³/mol. The van der Waals surface area contributed by atoms with Crippen molar-refractivity contribution in [3.8, 4) is 17.0 Å². The van der Waals surface area contributed by atoms with Crippen LogP contribution in [-0.4, -0.2) is 38.7 Å². The highest BCUT2D eigenvalue weighted by molar-refractivity contribution is 6.30. The zero-order chi connectivity index (χ0) is 25.7. The van der Waals surface area contributed by atoms with Gasteiger partial charge in [0.2, 0.25) is 0 Å². The lowest BCUT2D eigenvalue weighted by molar-refractivity contribution is -0.266. The number of benzene rings is 2. The molecule has 0 fully saturated rings. The molecule has 9 heteroatoms. The number of alkyl halides is 3. The second kappa shape index (κ2) is 8.78. The summed E-state index contributed by atoms with van der Waals surface area (Å²) < 4.78 is 48.9. The Bertz CT molecular complexity index is 1420. The van der Waals surface area contributed by atoms with Gasteiger partial charge in [-0.25, -0.2) is 0 Å². The molecular formula is C27H25ClF3N3O2. The topological polar surface area (TPSA) is 71.0 Å². The Labute approximate surface area is 211 Å². The van der Waals surface area contributed by atoms with Crippen molar-refractivity contribution >= 4 is 22.6 Å². The Balaban J connectivity index is 1.48. The predicted octanol–water partition coefficient (Wildman–Crippen LogP) is 6.42. The lowest BCUT2D eigenvalue weighted by Crippen LogP contribution is -2.51. The van der Waals surface area contributed by atoms with Gasteiger partial charge in [0.1, 0.15) is 5.75 Å².